The zero-order valence-electron chi connectivity index (χ0n) is 7.50. The van der Waals surface area contributed by atoms with Gasteiger partial charge in [0, 0.05) is 10.9 Å². The summed E-state index contributed by atoms with van der Waals surface area (Å²) in [4.78, 5) is 5.87. The normalized spacial score (nSPS) is 27.5. The highest BCUT2D eigenvalue weighted by Crippen LogP contribution is 2.37. The highest BCUT2D eigenvalue weighted by atomic mass is 32.1. The lowest BCUT2D eigenvalue weighted by Crippen LogP contribution is -2.16. The van der Waals surface area contributed by atoms with Crippen molar-refractivity contribution >= 4 is 11.3 Å². The lowest BCUT2D eigenvalue weighted by atomic mass is 10.2. The van der Waals surface area contributed by atoms with Gasteiger partial charge in [0.25, 0.3) is 0 Å². The number of aromatic nitrogens is 1. The molecule has 0 radical (unpaired) electrons. The van der Waals surface area contributed by atoms with Crippen LogP contribution in [0.5, 0.6) is 0 Å². The minimum atomic E-state index is 0.510. The fourth-order valence-corrected chi connectivity index (χ4v) is 2.79. The van der Waals surface area contributed by atoms with Crippen LogP contribution in [0.15, 0.2) is 5.51 Å². The van der Waals surface area contributed by atoms with E-state index in [1.54, 1.807) is 11.3 Å². The molecule has 0 saturated heterocycles. The first kappa shape index (κ1) is 8.20. The third-order valence-electron chi connectivity index (χ3n) is 2.49. The Labute approximate surface area is 77.0 Å². The highest BCUT2D eigenvalue weighted by molar-refractivity contribution is 7.09. The van der Waals surface area contributed by atoms with Crippen LogP contribution in [-0.2, 0) is 0 Å². The Hall–Kier alpha value is -0.410. The van der Waals surface area contributed by atoms with Crippen LogP contribution in [0.1, 0.15) is 49.3 Å². The van der Waals surface area contributed by atoms with E-state index in [1.807, 2.05) is 5.51 Å². The maximum Gasteiger partial charge on any atom is 0.0799 e. The summed E-state index contributed by atoms with van der Waals surface area (Å²) in [5.41, 5.74) is 3.27. The number of hydrogen-bond donors (Lipinski definition) is 1. The molecule has 1 aliphatic rings. The Morgan fingerprint density at radius 2 is 2.17 bits per heavy atom. The van der Waals surface area contributed by atoms with Crippen LogP contribution >= 0.6 is 11.3 Å². The molecule has 0 fully saturated rings. The summed E-state index contributed by atoms with van der Waals surface area (Å²) in [7, 11) is 0. The van der Waals surface area contributed by atoms with Gasteiger partial charge in [-0.2, -0.15) is 0 Å². The van der Waals surface area contributed by atoms with Gasteiger partial charge in [0.1, 0.15) is 0 Å². The van der Waals surface area contributed by atoms with Gasteiger partial charge >= 0.3 is 0 Å². The molecule has 1 aromatic rings. The molecular weight excluding hydrogens is 168 g/mol. The smallest absolute Gasteiger partial charge is 0.0799 e. The molecule has 3 heteroatoms. The second kappa shape index (κ2) is 3.15. The Morgan fingerprint density at radius 3 is 2.83 bits per heavy atom. The van der Waals surface area contributed by atoms with Gasteiger partial charge in [-0.1, -0.05) is 13.8 Å². The Balaban J connectivity index is 2.31. The maximum absolute atomic E-state index is 4.40. The summed E-state index contributed by atoms with van der Waals surface area (Å²) < 4.78 is 0. The standard InChI is InChI=1S/C9H14N2S/c1-3-6-8-9(12-5-10-8)7(4-2)11-6/h5-7,11H,3-4H2,1-2H3. The van der Waals surface area contributed by atoms with Crippen LogP contribution < -0.4 is 5.32 Å². The van der Waals surface area contributed by atoms with Gasteiger partial charge in [-0.3, -0.25) is 0 Å². The first-order chi connectivity index (χ1) is 5.86. The number of thiazole rings is 1. The molecule has 0 amide bonds. The largest absolute Gasteiger partial charge is 0.301 e. The Morgan fingerprint density at radius 1 is 1.42 bits per heavy atom. The Bertz CT molecular complexity index is 245. The molecule has 0 saturated carbocycles. The third-order valence-corrected chi connectivity index (χ3v) is 3.45. The summed E-state index contributed by atoms with van der Waals surface area (Å²) in [6, 6.07) is 1.08. The van der Waals surface area contributed by atoms with Gasteiger partial charge in [0.05, 0.1) is 17.2 Å². The average molecular weight is 182 g/mol. The number of hydrogen-bond acceptors (Lipinski definition) is 3. The summed E-state index contributed by atoms with van der Waals surface area (Å²) in [5.74, 6) is 0. The lowest BCUT2D eigenvalue weighted by molar-refractivity contribution is 0.474. The SMILES string of the molecule is CCC1NC(CC)c2scnc21. The fourth-order valence-electron chi connectivity index (χ4n) is 1.80. The third kappa shape index (κ3) is 1.08. The molecule has 12 heavy (non-hydrogen) atoms. The van der Waals surface area contributed by atoms with E-state index in [2.05, 4.69) is 24.1 Å². The van der Waals surface area contributed by atoms with Crippen molar-refractivity contribution in [2.24, 2.45) is 0 Å². The molecular formula is C9H14N2S. The number of nitrogens with one attached hydrogen (secondary N) is 1. The molecule has 2 rings (SSSR count). The monoisotopic (exact) mass is 182 g/mol. The molecule has 0 aliphatic carbocycles. The van der Waals surface area contributed by atoms with Gasteiger partial charge in [-0.15, -0.1) is 11.3 Å². The summed E-state index contributed by atoms with van der Waals surface area (Å²) >= 11 is 1.79. The van der Waals surface area contributed by atoms with Crippen LogP contribution in [0.3, 0.4) is 0 Å². The zero-order chi connectivity index (χ0) is 8.55. The topological polar surface area (TPSA) is 24.9 Å². The number of fused-ring (bicyclic) bond motifs is 1. The lowest BCUT2D eigenvalue weighted by Gasteiger charge is -2.10. The predicted octanol–water partition coefficient (Wildman–Crippen LogP) is 2.65. The van der Waals surface area contributed by atoms with Crippen molar-refractivity contribution in [3.8, 4) is 0 Å². The van der Waals surface area contributed by atoms with Crippen molar-refractivity contribution in [2.75, 3.05) is 0 Å². The first-order valence-electron chi connectivity index (χ1n) is 4.56. The molecule has 1 N–H and O–H groups in total. The minimum Gasteiger partial charge on any atom is -0.301 e. The molecule has 2 heterocycles. The fraction of sp³-hybridized carbons (Fsp3) is 0.667. The van der Waals surface area contributed by atoms with Crippen LogP contribution in [0.4, 0.5) is 0 Å². The van der Waals surface area contributed by atoms with E-state index in [9.17, 15) is 0 Å². The molecule has 66 valence electrons. The van der Waals surface area contributed by atoms with Gasteiger partial charge < -0.3 is 5.32 Å². The van der Waals surface area contributed by atoms with Gasteiger partial charge in [0.15, 0.2) is 0 Å². The van der Waals surface area contributed by atoms with E-state index >= 15 is 0 Å². The predicted molar refractivity (Wildman–Crippen MR) is 51.3 cm³/mol. The second-order valence-corrected chi connectivity index (χ2v) is 4.08. The molecule has 0 bridgehead atoms. The molecule has 0 spiro atoms. The number of nitrogens with zero attached hydrogens (tertiary/aromatic N) is 1. The number of rotatable bonds is 2. The van der Waals surface area contributed by atoms with Crippen molar-refractivity contribution in [3.63, 3.8) is 0 Å². The molecule has 0 aromatic carbocycles. The summed E-state index contributed by atoms with van der Waals surface area (Å²) in [5, 5.41) is 3.58. The van der Waals surface area contributed by atoms with Gasteiger partial charge in [0.2, 0.25) is 0 Å². The molecule has 1 aromatic heterocycles. The van der Waals surface area contributed by atoms with Gasteiger partial charge in [-0.05, 0) is 12.8 Å². The average Bonchev–Trinajstić information content (AvgIpc) is 2.63. The van der Waals surface area contributed by atoms with Gasteiger partial charge in [-0.25, -0.2) is 4.98 Å². The van der Waals surface area contributed by atoms with E-state index in [-0.39, 0.29) is 0 Å². The summed E-state index contributed by atoms with van der Waals surface area (Å²) in [6.45, 7) is 4.43. The van der Waals surface area contributed by atoms with Crippen molar-refractivity contribution in [1.82, 2.24) is 10.3 Å². The van der Waals surface area contributed by atoms with Crippen molar-refractivity contribution in [2.45, 2.75) is 38.8 Å². The quantitative estimate of drug-likeness (QED) is 0.760. The molecule has 2 nitrogen and oxygen atoms in total. The minimum absolute atomic E-state index is 0.510. The summed E-state index contributed by atoms with van der Waals surface area (Å²) in [6.07, 6.45) is 2.32. The van der Waals surface area contributed by atoms with E-state index in [0.717, 1.165) is 6.42 Å². The second-order valence-electron chi connectivity index (χ2n) is 3.19. The van der Waals surface area contributed by atoms with E-state index in [4.69, 9.17) is 0 Å². The highest BCUT2D eigenvalue weighted by Gasteiger charge is 2.30. The van der Waals surface area contributed by atoms with E-state index in [1.165, 1.54) is 17.0 Å². The van der Waals surface area contributed by atoms with Crippen LogP contribution in [0.25, 0.3) is 0 Å². The Kier molecular flexibility index (Phi) is 2.15. The van der Waals surface area contributed by atoms with Crippen LogP contribution in [0.2, 0.25) is 0 Å². The van der Waals surface area contributed by atoms with Crippen LogP contribution in [0, 0.1) is 0 Å². The van der Waals surface area contributed by atoms with Crippen molar-refractivity contribution in [1.29, 1.82) is 0 Å². The van der Waals surface area contributed by atoms with Crippen molar-refractivity contribution < 1.29 is 0 Å². The van der Waals surface area contributed by atoms with E-state index in [0.29, 0.717) is 12.1 Å². The van der Waals surface area contributed by atoms with Crippen molar-refractivity contribution in [3.05, 3.63) is 16.1 Å². The molecule has 1 aliphatic heterocycles. The van der Waals surface area contributed by atoms with Crippen LogP contribution in [-0.4, -0.2) is 4.98 Å². The molecule has 2 unspecified atom stereocenters. The first-order valence-corrected chi connectivity index (χ1v) is 5.44. The van der Waals surface area contributed by atoms with E-state index < -0.39 is 0 Å². The zero-order valence-corrected chi connectivity index (χ0v) is 8.32. The maximum atomic E-state index is 4.40. The molecule has 2 atom stereocenters.